The Morgan fingerprint density at radius 1 is 1.21 bits per heavy atom. The van der Waals surface area contributed by atoms with Crippen molar-refractivity contribution in [3.63, 3.8) is 0 Å². The molecule has 0 bridgehead atoms. The number of aromatic nitrogens is 2. The predicted molar refractivity (Wildman–Crippen MR) is 52.4 cm³/mol. The number of carbonyl (C=O) groups is 1. The van der Waals surface area contributed by atoms with Gasteiger partial charge in [-0.25, -0.2) is 0 Å². The average molecular weight is 187 g/mol. The number of hydrogen-bond donors (Lipinski definition) is 1. The van der Waals surface area contributed by atoms with Gasteiger partial charge in [-0.3, -0.25) is 14.8 Å². The van der Waals surface area contributed by atoms with Gasteiger partial charge in [-0.15, -0.1) is 0 Å². The summed E-state index contributed by atoms with van der Waals surface area (Å²) in [7, 11) is 0. The highest BCUT2D eigenvalue weighted by Crippen LogP contribution is 2.10. The number of carbonyl (C=O) groups excluding carboxylic acids is 1. The minimum atomic E-state index is -0.340. The lowest BCUT2D eigenvalue weighted by Crippen LogP contribution is -2.13. The highest BCUT2D eigenvalue weighted by Gasteiger charge is 2.00. The lowest BCUT2D eigenvalue weighted by atomic mass is 10.1. The van der Waals surface area contributed by atoms with E-state index in [0.29, 0.717) is 0 Å². The van der Waals surface area contributed by atoms with Gasteiger partial charge < -0.3 is 5.73 Å². The van der Waals surface area contributed by atoms with E-state index in [1.807, 2.05) is 18.2 Å². The van der Waals surface area contributed by atoms with E-state index in [2.05, 4.69) is 9.97 Å². The van der Waals surface area contributed by atoms with Gasteiger partial charge in [0.05, 0.1) is 17.5 Å². The van der Waals surface area contributed by atoms with E-state index in [4.69, 9.17) is 5.73 Å². The van der Waals surface area contributed by atoms with Crippen LogP contribution in [0.15, 0.2) is 30.6 Å². The molecule has 0 unspecified atom stereocenters. The summed E-state index contributed by atoms with van der Waals surface area (Å²) in [6, 6.07) is 5.50. The van der Waals surface area contributed by atoms with Crippen molar-refractivity contribution >= 4 is 16.9 Å². The van der Waals surface area contributed by atoms with Crippen LogP contribution in [0.5, 0.6) is 0 Å². The van der Waals surface area contributed by atoms with Crippen LogP contribution in [0.4, 0.5) is 0 Å². The normalized spacial score (nSPS) is 10.3. The minimum absolute atomic E-state index is 0.243. The Labute approximate surface area is 80.8 Å². The van der Waals surface area contributed by atoms with Gasteiger partial charge in [-0.2, -0.15) is 0 Å². The largest absolute Gasteiger partial charge is 0.369 e. The summed E-state index contributed by atoms with van der Waals surface area (Å²) in [4.78, 5) is 18.9. The van der Waals surface area contributed by atoms with Crippen LogP contribution in [0.2, 0.25) is 0 Å². The first-order valence-electron chi connectivity index (χ1n) is 4.23. The first-order valence-corrected chi connectivity index (χ1v) is 4.23. The summed E-state index contributed by atoms with van der Waals surface area (Å²) < 4.78 is 0. The fourth-order valence-corrected chi connectivity index (χ4v) is 1.32. The zero-order valence-corrected chi connectivity index (χ0v) is 7.47. The van der Waals surface area contributed by atoms with E-state index in [1.165, 1.54) is 0 Å². The average Bonchev–Trinajstić information content (AvgIpc) is 2.17. The molecule has 0 aliphatic carbocycles. The van der Waals surface area contributed by atoms with Crippen LogP contribution in [0.3, 0.4) is 0 Å². The van der Waals surface area contributed by atoms with Crippen molar-refractivity contribution in [1.29, 1.82) is 0 Å². The van der Waals surface area contributed by atoms with Crippen molar-refractivity contribution in [2.45, 2.75) is 6.42 Å². The molecule has 2 rings (SSSR count). The summed E-state index contributed by atoms with van der Waals surface area (Å²) in [6.45, 7) is 0. The van der Waals surface area contributed by atoms with Crippen molar-refractivity contribution in [3.05, 3.63) is 36.2 Å². The number of primary amides is 1. The van der Waals surface area contributed by atoms with E-state index < -0.39 is 0 Å². The summed E-state index contributed by atoms with van der Waals surface area (Å²) in [5, 5.41) is 0. The molecule has 0 saturated carbocycles. The van der Waals surface area contributed by atoms with Crippen molar-refractivity contribution in [2.75, 3.05) is 0 Å². The van der Waals surface area contributed by atoms with Gasteiger partial charge in [0.1, 0.15) is 0 Å². The molecule has 70 valence electrons. The van der Waals surface area contributed by atoms with Crippen LogP contribution in [-0.2, 0) is 11.2 Å². The van der Waals surface area contributed by atoms with E-state index in [0.717, 1.165) is 16.6 Å². The number of fused-ring (bicyclic) bond motifs is 1. The third kappa shape index (κ3) is 1.69. The second-order valence-electron chi connectivity index (χ2n) is 3.02. The summed E-state index contributed by atoms with van der Waals surface area (Å²) in [6.07, 6.45) is 3.50. The Bertz CT molecular complexity index is 482. The molecule has 2 aromatic rings. The third-order valence-corrected chi connectivity index (χ3v) is 1.91. The molecule has 14 heavy (non-hydrogen) atoms. The third-order valence-electron chi connectivity index (χ3n) is 1.91. The second kappa shape index (κ2) is 3.41. The molecule has 0 saturated heterocycles. The monoisotopic (exact) mass is 187 g/mol. The van der Waals surface area contributed by atoms with Crippen LogP contribution >= 0.6 is 0 Å². The Morgan fingerprint density at radius 3 is 2.64 bits per heavy atom. The van der Waals surface area contributed by atoms with Crippen molar-refractivity contribution in [2.24, 2.45) is 5.73 Å². The Kier molecular flexibility index (Phi) is 2.10. The minimum Gasteiger partial charge on any atom is -0.369 e. The number of rotatable bonds is 2. The van der Waals surface area contributed by atoms with Gasteiger partial charge in [0.2, 0.25) is 5.91 Å². The quantitative estimate of drug-likeness (QED) is 0.750. The van der Waals surface area contributed by atoms with E-state index in [-0.39, 0.29) is 12.3 Å². The number of hydrogen-bond acceptors (Lipinski definition) is 3. The van der Waals surface area contributed by atoms with Crippen LogP contribution < -0.4 is 5.73 Å². The highest BCUT2D eigenvalue weighted by atomic mass is 16.1. The van der Waals surface area contributed by atoms with Gasteiger partial charge in [-0.1, -0.05) is 6.07 Å². The molecule has 1 aromatic carbocycles. The first kappa shape index (κ1) is 8.62. The summed E-state index contributed by atoms with van der Waals surface area (Å²) >= 11 is 0. The predicted octanol–water partition coefficient (Wildman–Crippen LogP) is 0.658. The maximum atomic E-state index is 10.7. The fourth-order valence-electron chi connectivity index (χ4n) is 1.32. The van der Waals surface area contributed by atoms with Gasteiger partial charge in [-0.05, 0) is 17.7 Å². The van der Waals surface area contributed by atoms with Gasteiger partial charge in [0.25, 0.3) is 0 Å². The number of benzene rings is 1. The molecule has 0 aliphatic rings. The zero-order chi connectivity index (χ0) is 9.97. The molecule has 0 fully saturated rings. The maximum Gasteiger partial charge on any atom is 0.221 e. The molecular formula is C10H9N3O. The fraction of sp³-hybridized carbons (Fsp3) is 0.100. The van der Waals surface area contributed by atoms with E-state index in [1.54, 1.807) is 12.4 Å². The molecular weight excluding hydrogens is 178 g/mol. The molecule has 4 nitrogen and oxygen atoms in total. The Hall–Kier alpha value is -1.97. The smallest absolute Gasteiger partial charge is 0.221 e. The molecule has 2 N–H and O–H groups in total. The molecule has 0 radical (unpaired) electrons. The second-order valence-corrected chi connectivity index (χ2v) is 3.02. The summed E-state index contributed by atoms with van der Waals surface area (Å²) in [5.41, 5.74) is 7.56. The van der Waals surface area contributed by atoms with Crippen molar-refractivity contribution in [1.82, 2.24) is 9.97 Å². The number of nitrogens with zero attached hydrogens (tertiary/aromatic N) is 2. The molecule has 1 amide bonds. The first-order chi connectivity index (χ1) is 6.75. The van der Waals surface area contributed by atoms with Gasteiger partial charge in [0.15, 0.2) is 0 Å². The van der Waals surface area contributed by atoms with Crippen LogP contribution in [0.1, 0.15) is 5.56 Å². The van der Waals surface area contributed by atoms with Crippen LogP contribution in [0.25, 0.3) is 11.0 Å². The Morgan fingerprint density at radius 2 is 1.93 bits per heavy atom. The molecule has 1 heterocycles. The van der Waals surface area contributed by atoms with Gasteiger partial charge in [0, 0.05) is 12.4 Å². The topological polar surface area (TPSA) is 68.9 Å². The van der Waals surface area contributed by atoms with Crippen molar-refractivity contribution in [3.8, 4) is 0 Å². The molecule has 1 aromatic heterocycles. The summed E-state index contributed by atoms with van der Waals surface area (Å²) in [5.74, 6) is -0.340. The number of nitrogens with two attached hydrogens (primary N) is 1. The van der Waals surface area contributed by atoms with E-state index >= 15 is 0 Å². The van der Waals surface area contributed by atoms with E-state index in [9.17, 15) is 4.79 Å². The SMILES string of the molecule is NC(=O)Cc1ccc2nccnc2c1. The molecule has 0 atom stereocenters. The van der Waals surface area contributed by atoms with Crippen LogP contribution in [0, 0.1) is 0 Å². The lowest BCUT2D eigenvalue weighted by molar-refractivity contribution is -0.117. The molecule has 0 aliphatic heterocycles. The standard InChI is InChI=1S/C10H9N3O/c11-10(14)6-7-1-2-8-9(5-7)13-4-3-12-8/h1-5H,6H2,(H2,11,14). The van der Waals surface area contributed by atoms with Crippen LogP contribution in [-0.4, -0.2) is 15.9 Å². The highest BCUT2D eigenvalue weighted by molar-refractivity contribution is 5.80. The molecule has 4 heteroatoms. The zero-order valence-electron chi connectivity index (χ0n) is 7.47. The Balaban J connectivity index is 2.46. The number of amides is 1. The molecule has 0 spiro atoms. The van der Waals surface area contributed by atoms with Gasteiger partial charge >= 0.3 is 0 Å². The van der Waals surface area contributed by atoms with Crippen molar-refractivity contribution < 1.29 is 4.79 Å². The maximum absolute atomic E-state index is 10.7. The lowest BCUT2D eigenvalue weighted by Gasteiger charge is -1.99.